The van der Waals surface area contributed by atoms with E-state index in [2.05, 4.69) is 4.57 Å². The summed E-state index contributed by atoms with van der Waals surface area (Å²) in [5, 5.41) is 0. The van der Waals surface area contributed by atoms with Crippen molar-refractivity contribution in [2.24, 2.45) is 0 Å². The Morgan fingerprint density at radius 2 is 1.62 bits per heavy atom. The largest absolute Gasteiger partial charge is 0.491 e. The average Bonchev–Trinajstić information content (AvgIpc) is 3.09. The Morgan fingerprint density at radius 3 is 2.17 bits per heavy atom. The van der Waals surface area contributed by atoms with Crippen LogP contribution in [0.25, 0.3) is 0 Å². The van der Waals surface area contributed by atoms with E-state index in [-0.39, 0.29) is 6.10 Å². The number of benzene rings is 1. The molecule has 1 fully saturated rings. The minimum Gasteiger partial charge on any atom is -0.491 e. The zero-order valence-electron chi connectivity index (χ0n) is 14.1. The van der Waals surface area contributed by atoms with Gasteiger partial charge >= 0.3 is 0 Å². The lowest BCUT2D eigenvalue weighted by Gasteiger charge is -2.32. The summed E-state index contributed by atoms with van der Waals surface area (Å²) < 4.78 is 34.9. The molecular formula is C18H24N2O3S. The molecule has 0 bridgehead atoms. The summed E-state index contributed by atoms with van der Waals surface area (Å²) in [6, 6.07) is 11.1. The summed E-state index contributed by atoms with van der Waals surface area (Å²) in [6.07, 6.45) is 5.83. The molecule has 2 aromatic rings. The third-order valence-electron chi connectivity index (χ3n) is 4.31. The Bertz CT molecular complexity index is 744. The van der Waals surface area contributed by atoms with Gasteiger partial charge in [-0.3, -0.25) is 0 Å². The first-order chi connectivity index (χ1) is 11.5. The molecule has 2 heterocycles. The SMILES string of the molecule is CC(C)Oc1ccc(S(=O)(=O)N2CCC(n3cccc3)CC2)cc1. The fraction of sp³-hybridized carbons (Fsp3) is 0.444. The van der Waals surface area contributed by atoms with Crippen molar-refractivity contribution in [2.45, 2.75) is 43.7 Å². The molecule has 6 heteroatoms. The summed E-state index contributed by atoms with van der Waals surface area (Å²) in [7, 11) is -3.43. The summed E-state index contributed by atoms with van der Waals surface area (Å²) in [4.78, 5) is 0.332. The second-order valence-corrected chi connectivity index (χ2v) is 8.34. The molecular weight excluding hydrogens is 324 g/mol. The highest BCUT2D eigenvalue weighted by molar-refractivity contribution is 7.89. The smallest absolute Gasteiger partial charge is 0.243 e. The number of nitrogens with zero attached hydrogens (tertiary/aromatic N) is 2. The Kier molecular flexibility index (Phi) is 4.96. The van der Waals surface area contributed by atoms with Gasteiger partial charge in [0.05, 0.1) is 11.0 Å². The van der Waals surface area contributed by atoms with Gasteiger partial charge in [0.15, 0.2) is 0 Å². The van der Waals surface area contributed by atoms with Crippen LogP contribution < -0.4 is 4.74 Å². The molecule has 3 rings (SSSR count). The van der Waals surface area contributed by atoms with E-state index >= 15 is 0 Å². The first-order valence-corrected chi connectivity index (χ1v) is 9.80. The predicted molar refractivity (Wildman–Crippen MR) is 93.7 cm³/mol. The van der Waals surface area contributed by atoms with Gasteiger partial charge < -0.3 is 9.30 Å². The molecule has 0 N–H and O–H groups in total. The van der Waals surface area contributed by atoms with Crippen molar-refractivity contribution in [2.75, 3.05) is 13.1 Å². The normalized spacial score (nSPS) is 17.3. The van der Waals surface area contributed by atoms with E-state index in [1.165, 1.54) is 0 Å². The van der Waals surface area contributed by atoms with E-state index < -0.39 is 10.0 Å². The monoisotopic (exact) mass is 348 g/mol. The van der Waals surface area contributed by atoms with Gasteiger partial charge in [-0.2, -0.15) is 4.31 Å². The summed E-state index contributed by atoms with van der Waals surface area (Å²) >= 11 is 0. The number of rotatable bonds is 5. The molecule has 0 radical (unpaired) electrons. The van der Waals surface area contributed by atoms with Gasteiger partial charge in [-0.25, -0.2) is 8.42 Å². The lowest BCUT2D eigenvalue weighted by atomic mass is 10.1. The number of hydrogen-bond acceptors (Lipinski definition) is 3. The molecule has 24 heavy (non-hydrogen) atoms. The van der Waals surface area contributed by atoms with Gasteiger partial charge in [0.25, 0.3) is 0 Å². The standard InChI is InChI=1S/C18H24N2O3S/c1-15(2)23-17-5-7-18(8-6-17)24(21,22)20-13-9-16(10-14-20)19-11-3-4-12-19/h3-8,11-12,15-16H,9-10,13-14H2,1-2H3. The lowest BCUT2D eigenvalue weighted by Crippen LogP contribution is -2.38. The Hall–Kier alpha value is -1.79. The zero-order chi connectivity index (χ0) is 17.2. The summed E-state index contributed by atoms with van der Waals surface area (Å²) in [5.74, 6) is 0.690. The van der Waals surface area contributed by atoms with E-state index in [1.54, 1.807) is 28.6 Å². The molecule has 1 aliphatic rings. The molecule has 0 aliphatic carbocycles. The molecule has 1 aromatic carbocycles. The molecule has 0 amide bonds. The molecule has 0 spiro atoms. The van der Waals surface area contributed by atoms with Crippen LogP contribution in [0.3, 0.4) is 0 Å². The second-order valence-electron chi connectivity index (χ2n) is 6.40. The highest BCUT2D eigenvalue weighted by Gasteiger charge is 2.29. The van der Waals surface area contributed by atoms with E-state index in [9.17, 15) is 8.42 Å². The number of aromatic nitrogens is 1. The van der Waals surface area contributed by atoms with Crippen LogP contribution in [0.5, 0.6) is 5.75 Å². The third-order valence-corrected chi connectivity index (χ3v) is 6.22. The number of sulfonamides is 1. The van der Waals surface area contributed by atoms with E-state index in [0.29, 0.717) is 29.8 Å². The highest BCUT2D eigenvalue weighted by Crippen LogP contribution is 2.27. The second kappa shape index (κ2) is 6.99. The number of ether oxygens (including phenoxy) is 1. The minimum atomic E-state index is -3.43. The maximum atomic E-state index is 12.8. The predicted octanol–water partition coefficient (Wildman–Crippen LogP) is 3.30. The van der Waals surface area contributed by atoms with Gasteiger partial charge in [-0.05, 0) is 63.1 Å². The first kappa shape index (κ1) is 17.0. The first-order valence-electron chi connectivity index (χ1n) is 8.36. The van der Waals surface area contributed by atoms with Crippen LogP contribution in [0.2, 0.25) is 0 Å². The highest BCUT2D eigenvalue weighted by atomic mass is 32.2. The van der Waals surface area contributed by atoms with Gasteiger partial charge in [0, 0.05) is 31.5 Å². The maximum Gasteiger partial charge on any atom is 0.243 e. The van der Waals surface area contributed by atoms with Crippen LogP contribution in [0, 0.1) is 0 Å². The van der Waals surface area contributed by atoms with Crippen LogP contribution in [0.1, 0.15) is 32.7 Å². The van der Waals surface area contributed by atoms with Crippen molar-refractivity contribution in [3.63, 3.8) is 0 Å². The van der Waals surface area contributed by atoms with Crippen molar-refractivity contribution in [1.82, 2.24) is 8.87 Å². The molecule has 1 aromatic heterocycles. The minimum absolute atomic E-state index is 0.0696. The van der Waals surface area contributed by atoms with Gasteiger partial charge in [-0.15, -0.1) is 0 Å². The van der Waals surface area contributed by atoms with Crippen molar-refractivity contribution < 1.29 is 13.2 Å². The van der Waals surface area contributed by atoms with Crippen LogP contribution in [-0.2, 0) is 10.0 Å². The van der Waals surface area contributed by atoms with Crippen molar-refractivity contribution >= 4 is 10.0 Å². The van der Waals surface area contributed by atoms with Crippen molar-refractivity contribution in [1.29, 1.82) is 0 Å². The number of hydrogen-bond donors (Lipinski definition) is 0. The lowest BCUT2D eigenvalue weighted by molar-refractivity contribution is 0.242. The molecule has 1 saturated heterocycles. The van der Waals surface area contributed by atoms with Crippen LogP contribution in [0.15, 0.2) is 53.7 Å². The van der Waals surface area contributed by atoms with Gasteiger partial charge in [0.2, 0.25) is 10.0 Å². The van der Waals surface area contributed by atoms with Crippen molar-refractivity contribution in [3.8, 4) is 5.75 Å². The Labute approximate surface area is 143 Å². The fourth-order valence-electron chi connectivity index (χ4n) is 3.08. The molecule has 0 unspecified atom stereocenters. The molecule has 5 nitrogen and oxygen atoms in total. The molecule has 130 valence electrons. The molecule has 1 aliphatic heterocycles. The van der Waals surface area contributed by atoms with E-state index in [1.807, 2.05) is 38.4 Å². The zero-order valence-corrected chi connectivity index (χ0v) is 14.9. The van der Waals surface area contributed by atoms with Crippen LogP contribution in [0.4, 0.5) is 0 Å². The topological polar surface area (TPSA) is 51.5 Å². The molecule has 0 saturated carbocycles. The fourth-order valence-corrected chi connectivity index (χ4v) is 4.55. The Balaban J connectivity index is 1.67. The van der Waals surface area contributed by atoms with Gasteiger partial charge in [-0.1, -0.05) is 0 Å². The maximum absolute atomic E-state index is 12.8. The van der Waals surface area contributed by atoms with Crippen LogP contribution in [-0.4, -0.2) is 36.5 Å². The Morgan fingerprint density at radius 1 is 1.04 bits per heavy atom. The summed E-state index contributed by atoms with van der Waals surface area (Å²) in [5.41, 5.74) is 0. The van der Waals surface area contributed by atoms with E-state index in [4.69, 9.17) is 4.74 Å². The van der Waals surface area contributed by atoms with Crippen LogP contribution >= 0.6 is 0 Å². The quantitative estimate of drug-likeness (QED) is 0.833. The summed E-state index contributed by atoms with van der Waals surface area (Å²) in [6.45, 7) is 4.99. The van der Waals surface area contributed by atoms with Gasteiger partial charge in [0.1, 0.15) is 5.75 Å². The van der Waals surface area contributed by atoms with E-state index in [0.717, 1.165) is 12.8 Å². The van der Waals surface area contributed by atoms with Crippen molar-refractivity contribution in [3.05, 3.63) is 48.8 Å². The molecule has 0 atom stereocenters. The average molecular weight is 348 g/mol. The number of piperidine rings is 1. The third kappa shape index (κ3) is 3.65.